The minimum atomic E-state index is -4.19. The number of carboxylic acid groups (broad SMARTS) is 1. The molecule has 96 valence electrons. The predicted molar refractivity (Wildman–Crippen MR) is 66.3 cm³/mol. The van der Waals surface area contributed by atoms with E-state index in [9.17, 15) is 18.0 Å². The quantitative estimate of drug-likeness (QED) is 0.656. The molecule has 7 heteroatoms. The van der Waals surface area contributed by atoms with Gasteiger partial charge in [-0.25, -0.2) is 8.42 Å². The van der Waals surface area contributed by atoms with E-state index in [4.69, 9.17) is 16.7 Å². The highest BCUT2D eigenvalue weighted by molar-refractivity contribution is 7.96. The van der Waals surface area contributed by atoms with Crippen molar-refractivity contribution in [2.75, 3.05) is 5.75 Å². The summed E-state index contributed by atoms with van der Waals surface area (Å²) in [5, 5.41) is 8.83. The first-order chi connectivity index (χ1) is 8.24. The maximum atomic E-state index is 11.8. The van der Waals surface area contributed by atoms with Gasteiger partial charge in [0.2, 0.25) is 5.78 Å². The number of halogens is 1. The van der Waals surface area contributed by atoms with Gasteiger partial charge in [0, 0.05) is 10.6 Å². The highest BCUT2D eigenvalue weighted by atomic mass is 35.5. The van der Waals surface area contributed by atoms with Crippen molar-refractivity contribution in [2.24, 2.45) is 0 Å². The minimum absolute atomic E-state index is 0.0818. The van der Waals surface area contributed by atoms with E-state index >= 15 is 0 Å². The molecule has 0 aromatic heterocycles. The van der Waals surface area contributed by atoms with Crippen molar-refractivity contribution in [1.82, 2.24) is 0 Å². The number of hydrogen-bond donors (Lipinski definition) is 1. The first-order valence-corrected chi connectivity index (χ1v) is 6.71. The van der Waals surface area contributed by atoms with E-state index in [1.807, 2.05) is 0 Å². The standard InChI is InChI=1S/C11H9ClO5S/c1-7(18(16,17)6-10(13)14)11(15)8-2-4-9(12)5-3-8/h2-5H,1,6H2,(H,13,14). The Kier molecular flexibility index (Phi) is 4.26. The second kappa shape index (κ2) is 5.32. The number of benzene rings is 1. The summed E-state index contributed by atoms with van der Waals surface area (Å²) < 4.78 is 23.0. The van der Waals surface area contributed by atoms with Gasteiger partial charge in [0.05, 0.1) is 0 Å². The Balaban J connectivity index is 3.01. The van der Waals surface area contributed by atoms with Crippen molar-refractivity contribution in [3.63, 3.8) is 0 Å². The normalized spacial score (nSPS) is 10.9. The molecule has 1 aromatic carbocycles. The topological polar surface area (TPSA) is 88.5 Å². The molecular formula is C11H9ClO5S. The average molecular weight is 289 g/mol. The molecule has 0 bridgehead atoms. The minimum Gasteiger partial charge on any atom is -0.480 e. The number of ketones is 1. The molecule has 0 atom stereocenters. The average Bonchev–Trinajstić information content (AvgIpc) is 2.26. The Bertz CT molecular complexity index is 601. The number of carboxylic acids is 1. The number of sulfone groups is 1. The van der Waals surface area contributed by atoms with E-state index in [1.165, 1.54) is 24.3 Å². The molecule has 1 rings (SSSR count). The van der Waals surface area contributed by atoms with Crippen LogP contribution in [0.25, 0.3) is 0 Å². The van der Waals surface area contributed by atoms with Gasteiger partial charge in [-0.1, -0.05) is 18.2 Å². The van der Waals surface area contributed by atoms with Crippen LogP contribution in [-0.4, -0.2) is 31.0 Å². The summed E-state index contributed by atoms with van der Waals surface area (Å²) in [6.07, 6.45) is 0. The molecule has 0 unspecified atom stereocenters. The lowest BCUT2D eigenvalue weighted by Crippen LogP contribution is -2.21. The third kappa shape index (κ3) is 3.41. The molecule has 0 aliphatic carbocycles. The Labute approximate surface area is 109 Å². The fourth-order valence-electron chi connectivity index (χ4n) is 1.15. The van der Waals surface area contributed by atoms with Crippen LogP contribution in [0, 0.1) is 0 Å². The van der Waals surface area contributed by atoms with Gasteiger partial charge in [-0.05, 0) is 24.3 Å². The zero-order valence-electron chi connectivity index (χ0n) is 9.09. The fraction of sp³-hybridized carbons (Fsp3) is 0.0909. The van der Waals surface area contributed by atoms with Crippen LogP contribution in [0.4, 0.5) is 0 Å². The first kappa shape index (κ1) is 14.4. The molecule has 1 aromatic rings. The molecule has 0 saturated carbocycles. The van der Waals surface area contributed by atoms with Gasteiger partial charge in [0.15, 0.2) is 15.6 Å². The molecule has 0 aliphatic heterocycles. The first-order valence-electron chi connectivity index (χ1n) is 4.68. The molecule has 0 saturated heterocycles. The van der Waals surface area contributed by atoms with Gasteiger partial charge in [-0.15, -0.1) is 0 Å². The van der Waals surface area contributed by atoms with Crippen LogP contribution in [0.5, 0.6) is 0 Å². The lowest BCUT2D eigenvalue weighted by molar-refractivity contribution is -0.134. The van der Waals surface area contributed by atoms with Crippen LogP contribution >= 0.6 is 11.6 Å². The molecule has 1 N–H and O–H groups in total. The number of aliphatic carboxylic acids is 1. The summed E-state index contributed by atoms with van der Waals surface area (Å²) in [4.78, 5) is 21.4. The summed E-state index contributed by atoms with van der Waals surface area (Å²) in [7, 11) is -4.19. The summed E-state index contributed by atoms with van der Waals surface area (Å²) in [5.74, 6) is -3.54. The van der Waals surface area contributed by atoms with Crippen LogP contribution in [0.2, 0.25) is 5.02 Å². The molecule has 18 heavy (non-hydrogen) atoms. The summed E-state index contributed by atoms with van der Waals surface area (Å²) in [6.45, 7) is 3.14. The Morgan fingerprint density at radius 2 is 1.72 bits per heavy atom. The Morgan fingerprint density at radius 1 is 1.22 bits per heavy atom. The second-order valence-electron chi connectivity index (χ2n) is 3.41. The molecule has 0 aliphatic rings. The predicted octanol–water partition coefficient (Wildman–Crippen LogP) is 1.54. The van der Waals surface area contributed by atoms with E-state index in [-0.39, 0.29) is 5.56 Å². The number of Topliss-reactive ketones (excluding diaryl/α,β-unsaturated/α-hetero) is 1. The van der Waals surface area contributed by atoms with E-state index in [0.29, 0.717) is 5.02 Å². The van der Waals surface area contributed by atoms with Crippen molar-refractivity contribution >= 4 is 33.2 Å². The van der Waals surface area contributed by atoms with Crippen molar-refractivity contribution < 1.29 is 23.1 Å². The van der Waals surface area contributed by atoms with Crippen LogP contribution in [-0.2, 0) is 14.6 Å². The monoisotopic (exact) mass is 288 g/mol. The number of allylic oxidation sites excluding steroid dienone is 1. The van der Waals surface area contributed by atoms with Gasteiger partial charge in [-0.3, -0.25) is 9.59 Å². The van der Waals surface area contributed by atoms with E-state index in [1.54, 1.807) is 0 Å². The highest BCUT2D eigenvalue weighted by Gasteiger charge is 2.26. The van der Waals surface area contributed by atoms with E-state index in [2.05, 4.69) is 6.58 Å². The second-order valence-corrected chi connectivity index (χ2v) is 5.86. The lowest BCUT2D eigenvalue weighted by atomic mass is 10.1. The number of hydrogen-bond acceptors (Lipinski definition) is 4. The number of carbonyl (C=O) groups is 2. The van der Waals surface area contributed by atoms with Crippen LogP contribution in [0.3, 0.4) is 0 Å². The van der Waals surface area contributed by atoms with Crippen LogP contribution in [0.15, 0.2) is 35.7 Å². The zero-order valence-corrected chi connectivity index (χ0v) is 10.7. The zero-order chi connectivity index (χ0) is 13.9. The maximum Gasteiger partial charge on any atom is 0.319 e. The van der Waals surface area contributed by atoms with Gasteiger partial charge in [0.1, 0.15) is 4.91 Å². The largest absolute Gasteiger partial charge is 0.480 e. The lowest BCUT2D eigenvalue weighted by Gasteiger charge is -2.04. The smallest absolute Gasteiger partial charge is 0.319 e. The summed E-state index contributed by atoms with van der Waals surface area (Å²) in [6, 6.07) is 5.52. The molecule has 5 nitrogen and oxygen atoms in total. The highest BCUT2D eigenvalue weighted by Crippen LogP contribution is 2.16. The van der Waals surface area contributed by atoms with Gasteiger partial charge in [-0.2, -0.15) is 0 Å². The third-order valence-electron chi connectivity index (χ3n) is 2.05. The van der Waals surface area contributed by atoms with Gasteiger partial charge < -0.3 is 5.11 Å². The van der Waals surface area contributed by atoms with Crippen molar-refractivity contribution in [3.8, 4) is 0 Å². The Hall–Kier alpha value is -1.66. The summed E-state index contributed by atoms with van der Waals surface area (Å²) >= 11 is 5.62. The third-order valence-corrected chi connectivity index (χ3v) is 3.86. The number of rotatable bonds is 5. The summed E-state index contributed by atoms with van der Waals surface area (Å²) in [5.41, 5.74) is 0.0818. The Morgan fingerprint density at radius 3 is 2.17 bits per heavy atom. The maximum absolute atomic E-state index is 11.8. The van der Waals surface area contributed by atoms with Gasteiger partial charge in [0.25, 0.3) is 0 Å². The van der Waals surface area contributed by atoms with Crippen molar-refractivity contribution in [2.45, 2.75) is 0 Å². The molecule has 0 fully saturated rings. The molecular weight excluding hydrogens is 280 g/mol. The fourth-order valence-corrected chi connectivity index (χ4v) is 2.18. The van der Waals surface area contributed by atoms with E-state index in [0.717, 1.165) is 0 Å². The van der Waals surface area contributed by atoms with Crippen molar-refractivity contribution in [3.05, 3.63) is 46.3 Å². The van der Waals surface area contributed by atoms with E-state index < -0.39 is 32.2 Å². The molecule has 0 heterocycles. The van der Waals surface area contributed by atoms with Crippen LogP contribution < -0.4 is 0 Å². The van der Waals surface area contributed by atoms with Crippen LogP contribution in [0.1, 0.15) is 10.4 Å². The van der Waals surface area contributed by atoms with Crippen molar-refractivity contribution in [1.29, 1.82) is 0 Å². The molecule has 0 spiro atoms. The number of carbonyl (C=O) groups excluding carboxylic acids is 1. The van der Waals surface area contributed by atoms with Gasteiger partial charge >= 0.3 is 5.97 Å². The molecule has 0 amide bonds. The molecule has 0 radical (unpaired) electrons. The SMILES string of the molecule is C=C(C(=O)c1ccc(Cl)cc1)S(=O)(=O)CC(=O)O.